The Morgan fingerprint density at radius 1 is 1.13 bits per heavy atom. The fourth-order valence-corrected chi connectivity index (χ4v) is 4.23. The Kier molecular flexibility index (Phi) is 8.31. The minimum Gasteiger partial charge on any atom is -0.494 e. The molecule has 0 fully saturated rings. The van der Waals surface area contributed by atoms with Gasteiger partial charge in [-0.2, -0.15) is 4.99 Å². The van der Waals surface area contributed by atoms with Gasteiger partial charge in [0.15, 0.2) is 10.6 Å². The van der Waals surface area contributed by atoms with E-state index < -0.39 is 17.5 Å². The number of hydrogen-bond donors (Lipinski definition) is 0. The molecule has 0 saturated heterocycles. The zero-order valence-corrected chi connectivity index (χ0v) is 18.5. The molecule has 31 heavy (non-hydrogen) atoms. The van der Waals surface area contributed by atoms with Crippen LogP contribution in [0.1, 0.15) is 43.5 Å². The highest BCUT2D eigenvalue weighted by atomic mass is 32.1. The van der Waals surface area contributed by atoms with E-state index in [1.165, 1.54) is 6.07 Å². The van der Waals surface area contributed by atoms with Gasteiger partial charge in [0.2, 0.25) is 0 Å². The van der Waals surface area contributed by atoms with E-state index in [4.69, 9.17) is 9.47 Å². The lowest BCUT2D eigenvalue weighted by atomic mass is 10.2. The molecule has 1 amide bonds. The van der Waals surface area contributed by atoms with Crippen LogP contribution in [0.15, 0.2) is 41.4 Å². The molecule has 0 saturated carbocycles. The quantitative estimate of drug-likeness (QED) is 0.394. The van der Waals surface area contributed by atoms with Gasteiger partial charge in [0.1, 0.15) is 11.6 Å². The SMILES string of the molecule is CCCCCOc1cccc(C(=O)N=c2sc3cc(F)cc(F)c3n2CCOCC)c1. The number of ether oxygens (including phenoxy) is 2. The summed E-state index contributed by atoms with van der Waals surface area (Å²) in [6.07, 6.45) is 3.13. The second kappa shape index (κ2) is 11.2. The molecule has 3 aromatic rings. The Bertz CT molecular complexity index is 1110. The van der Waals surface area contributed by atoms with Crippen molar-refractivity contribution in [3.8, 4) is 5.75 Å². The number of carbonyl (C=O) groups excluding carboxylic acids is 1. The van der Waals surface area contributed by atoms with Crippen LogP contribution in [-0.4, -0.2) is 30.3 Å². The lowest BCUT2D eigenvalue weighted by Crippen LogP contribution is -2.20. The summed E-state index contributed by atoms with van der Waals surface area (Å²) in [5.74, 6) is -1.24. The van der Waals surface area contributed by atoms with E-state index in [0.717, 1.165) is 36.7 Å². The van der Waals surface area contributed by atoms with Gasteiger partial charge in [-0.3, -0.25) is 4.79 Å². The number of carbonyl (C=O) groups is 1. The zero-order valence-electron chi connectivity index (χ0n) is 17.7. The molecule has 0 aliphatic heterocycles. The first-order chi connectivity index (χ1) is 15.0. The average Bonchev–Trinajstić information content (AvgIpc) is 3.08. The van der Waals surface area contributed by atoms with Crippen molar-refractivity contribution < 1.29 is 23.0 Å². The standard InChI is InChI=1S/C23H26F2N2O3S/c1-3-5-6-11-30-18-9-7-8-16(13-18)22(28)26-23-27(10-12-29-4-2)21-19(25)14-17(24)15-20(21)31-23/h7-9,13-15H,3-6,10-12H2,1-2H3. The summed E-state index contributed by atoms with van der Waals surface area (Å²) in [5.41, 5.74) is 0.583. The Morgan fingerprint density at radius 2 is 1.97 bits per heavy atom. The first-order valence-electron chi connectivity index (χ1n) is 10.4. The number of rotatable bonds is 10. The van der Waals surface area contributed by atoms with E-state index in [1.807, 2.05) is 6.92 Å². The number of aromatic nitrogens is 1. The van der Waals surface area contributed by atoms with Crippen LogP contribution in [0.5, 0.6) is 5.75 Å². The predicted molar refractivity (Wildman–Crippen MR) is 118 cm³/mol. The number of unbranched alkanes of at least 4 members (excludes halogenated alkanes) is 2. The molecule has 0 N–H and O–H groups in total. The summed E-state index contributed by atoms with van der Waals surface area (Å²) >= 11 is 1.07. The molecule has 0 bridgehead atoms. The number of halogens is 2. The van der Waals surface area contributed by atoms with Gasteiger partial charge in [0.25, 0.3) is 5.91 Å². The van der Waals surface area contributed by atoms with Crippen molar-refractivity contribution >= 4 is 27.5 Å². The minimum absolute atomic E-state index is 0.214. The lowest BCUT2D eigenvalue weighted by Gasteiger charge is -2.07. The average molecular weight is 449 g/mol. The number of thiazole rings is 1. The normalized spacial score (nSPS) is 11.9. The predicted octanol–water partition coefficient (Wildman–Crippen LogP) is 5.33. The van der Waals surface area contributed by atoms with Crippen LogP contribution >= 0.6 is 11.3 Å². The highest BCUT2D eigenvalue weighted by Gasteiger charge is 2.15. The molecule has 0 atom stereocenters. The van der Waals surface area contributed by atoms with Gasteiger partial charge in [-0.15, -0.1) is 0 Å². The van der Waals surface area contributed by atoms with Crippen LogP contribution in [0, 0.1) is 11.6 Å². The van der Waals surface area contributed by atoms with Crippen molar-refractivity contribution in [2.75, 3.05) is 19.8 Å². The summed E-state index contributed by atoms with van der Waals surface area (Å²) in [6, 6.07) is 8.91. The van der Waals surface area contributed by atoms with Crippen LogP contribution in [0.25, 0.3) is 10.2 Å². The van der Waals surface area contributed by atoms with Gasteiger partial charge < -0.3 is 14.0 Å². The first-order valence-corrected chi connectivity index (χ1v) is 11.2. The first kappa shape index (κ1) is 23.1. The largest absolute Gasteiger partial charge is 0.494 e. The van der Waals surface area contributed by atoms with Gasteiger partial charge in [-0.25, -0.2) is 8.78 Å². The maximum atomic E-state index is 14.5. The zero-order chi connectivity index (χ0) is 22.2. The third-order valence-electron chi connectivity index (χ3n) is 4.65. The highest BCUT2D eigenvalue weighted by molar-refractivity contribution is 7.16. The van der Waals surface area contributed by atoms with Crippen molar-refractivity contribution in [2.24, 2.45) is 4.99 Å². The van der Waals surface area contributed by atoms with Crippen LogP contribution in [0.2, 0.25) is 0 Å². The van der Waals surface area contributed by atoms with E-state index >= 15 is 0 Å². The molecule has 0 aliphatic carbocycles. The summed E-state index contributed by atoms with van der Waals surface area (Å²) in [6.45, 7) is 5.69. The molecule has 166 valence electrons. The summed E-state index contributed by atoms with van der Waals surface area (Å²) in [5, 5.41) is 0. The molecule has 0 unspecified atom stereocenters. The summed E-state index contributed by atoms with van der Waals surface area (Å²) in [7, 11) is 0. The second-order valence-corrected chi connectivity index (χ2v) is 7.98. The van der Waals surface area contributed by atoms with Crippen molar-refractivity contribution in [3.63, 3.8) is 0 Å². The molecule has 0 spiro atoms. The maximum absolute atomic E-state index is 14.5. The molecule has 1 aromatic heterocycles. The molecular weight excluding hydrogens is 422 g/mol. The van der Waals surface area contributed by atoms with Gasteiger partial charge in [0.05, 0.1) is 23.4 Å². The van der Waals surface area contributed by atoms with E-state index in [-0.39, 0.29) is 5.52 Å². The van der Waals surface area contributed by atoms with Crippen molar-refractivity contribution in [3.05, 3.63) is 58.4 Å². The fraction of sp³-hybridized carbons (Fsp3) is 0.391. The number of amides is 1. The summed E-state index contributed by atoms with van der Waals surface area (Å²) < 4.78 is 41.2. The Labute approximate surface area is 184 Å². The van der Waals surface area contributed by atoms with Crippen LogP contribution < -0.4 is 9.54 Å². The topological polar surface area (TPSA) is 52.8 Å². The second-order valence-electron chi connectivity index (χ2n) is 6.97. The number of nitrogens with zero attached hydrogens (tertiary/aromatic N) is 2. The van der Waals surface area contributed by atoms with Gasteiger partial charge in [0, 0.05) is 24.8 Å². The van der Waals surface area contributed by atoms with Crippen LogP contribution in [0.4, 0.5) is 8.78 Å². The third kappa shape index (κ3) is 5.98. The highest BCUT2D eigenvalue weighted by Crippen LogP contribution is 2.22. The van der Waals surface area contributed by atoms with Crippen molar-refractivity contribution in [1.82, 2.24) is 4.57 Å². The Balaban J connectivity index is 1.93. The molecule has 1 heterocycles. The van der Waals surface area contributed by atoms with Gasteiger partial charge >= 0.3 is 0 Å². The minimum atomic E-state index is -0.695. The number of benzene rings is 2. The lowest BCUT2D eigenvalue weighted by molar-refractivity contribution is 0.0996. The molecule has 5 nitrogen and oxygen atoms in total. The monoisotopic (exact) mass is 448 g/mol. The number of hydrogen-bond acceptors (Lipinski definition) is 4. The Morgan fingerprint density at radius 3 is 2.74 bits per heavy atom. The molecule has 0 radical (unpaired) electrons. The third-order valence-corrected chi connectivity index (χ3v) is 5.68. The molecular formula is C23H26F2N2O3S. The fourth-order valence-electron chi connectivity index (χ4n) is 3.13. The van der Waals surface area contributed by atoms with Crippen LogP contribution in [0.3, 0.4) is 0 Å². The van der Waals surface area contributed by atoms with Gasteiger partial charge in [-0.05, 0) is 37.6 Å². The van der Waals surface area contributed by atoms with E-state index in [0.29, 0.717) is 47.2 Å². The Hall–Kier alpha value is -2.58. The van der Waals surface area contributed by atoms with Crippen LogP contribution in [-0.2, 0) is 11.3 Å². The van der Waals surface area contributed by atoms with E-state index in [2.05, 4.69) is 11.9 Å². The maximum Gasteiger partial charge on any atom is 0.279 e. The van der Waals surface area contributed by atoms with E-state index in [1.54, 1.807) is 28.8 Å². The molecule has 3 rings (SSSR count). The van der Waals surface area contributed by atoms with Crippen molar-refractivity contribution in [2.45, 2.75) is 39.7 Å². The molecule has 2 aromatic carbocycles. The number of fused-ring (bicyclic) bond motifs is 1. The van der Waals surface area contributed by atoms with E-state index in [9.17, 15) is 13.6 Å². The molecule has 0 aliphatic rings. The smallest absolute Gasteiger partial charge is 0.279 e. The molecule has 8 heteroatoms. The summed E-state index contributed by atoms with van der Waals surface area (Å²) in [4.78, 5) is 17.3. The van der Waals surface area contributed by atoms with Crippen molar-refractivity contribution in [1.29, 1.82) is 0 Å². The van der Waals surface area contributed by atoms with Gasteiger partial charge in [-0.1, -0.05) is 37.2 Å².